The van der Waals surface area contributed by atoms with Gasteiger partial charge in [0.25, 0.3) is 17.8 Å². The number of hydrogen-bond acceptors (Lipinski definition) is 4. The molecule has 0 N–H and O–H groups in total. The van der Waals surface area contributed by atoms with Gasteiger partial charge in [0, 0.05) is 37.8 Å². The molecule has 3 heterocycles. The van der Waals surface area contributed by atoms with Gasteiger partial charge in [-0.05, 0) is 28.6 Å². The normalized spacial score (nSPS) is 21.1. The Kier molecular flexibility index (Phi) is 5.31. The zero-order valence-electron chi connectivity index (χ0n) is 18.2. The lowest BCUT2D eigenvalue weighted by Gasteiger charge is -2.31. The van der Waals surface area contributed by atoms with Gasteiger partial charge in [-0.25, -0.2) is 9.37 Å². The van der Waals surface area contributed by atoms with Crippen molar-refractivity contribution in [3.05, 3.63) is 70.2 Å². The summed E-state index contributed by atoms with van der Waals surface area (Å²) in [4.78, 5) is 35.5. The Morgan fingerprint density at radius 3 is 2.53 bits per heavy atom. The van der Waals surface area contributed by atoms with Crippen molar-refractivity contribution in [3.63, 3.8) is 0 Å². The van der Waals surface area contributed by atoms with Crippen molar-refractivity contribution < 1.29 is 14.2 Å². The van der Waals surface area contributed by atoms with Crippen LogP contribution in [0, 0.1) is 0 Å². The second-order valence-corrected chi connectivity index (χ2v) is 8.88. The smallest absolute Gasteiger partial charge is 0.287 e. The maximum atomic E-state index is 13.1. The summed E-state index contributed by atoms with van der Waals surface area (Å²) in [6, 6.07) is 15.1. The van der Waals surface area contributed by atoms with E-state index >= 15 is 0 Å². The molecule has 3 aliphatic heterocycles. The minimum Gasteiger partial charge on any atom is -0.287 e. The summed E-state index contributed by atoms with van der Waals surface area (Å²) < 4.78 is 2.00. The molecule has 0 spiro atoms. The van der Waals surface area contributed by atoms with Crippen LogP contribution in [0.4, 0.5) is 4.79 Å². The first-order chi connectivity index (χ1) is 15.4. The number of nitrogens with zero attached hydrogens (tertiary/aromatic N) is 5. The summed E-state index contributed by atoms with van der Waals surface area (Å²) in [5.74, 6) is 1.00. The van der Waals surface area contributed by atoms with Crippen molar-refractivity contribution in [2.24, 2.45) is 4.99 Å². The Balaban J connectivity index is 1.51. The molecule has 3 amide bonds. The van der Waals surface area contributed by atoms with Gasteiger partial charge in [-0.15, -0.1) is 0 Å². The fourth-order valence-corrected chi connectivity index (χ4v) is 4.85. The molecule has 1 atom stereocenters. The summed E-state index contributed by atoms with van der Waals surface area (Å²) in [6.07, 6.45) is 0.980. The Labute approximate surface area is 192 Å². The lowest BCUT2D eigenvalue weighted by molar-refractivity contribution is -0.552. The second kappa shape index (κ2) is 8.15. The fourth-order valence-electron chi connectivity index (χ4n) is 4.66. The third-order valence-electron chi connectivity index (χ3n) is 6.49. The average Bonchev–Trinajstić information content (AvgIpc) is 3.15. The topological polar surface area (TPSA) is 59.2 Å². The van der Waals surface area contributed by atoms with Gasteiger partial charge in [0.15, 0.2) is 0 Å². The van der Waals surface area contributed by atoms with E-state index in [1.807, 2.05) is 28.8 Å². The first-order valence-electron chi connectivity index (χ1n) is 10.7. The van der Waals surface area contributed by atoms with Gasteiger partial charge in [0.05, 0.1) is 0 Å². The monoisotopic (exact) mass is 450 g/mol. The predicted octanol–water partition coefficient (Wildman–Crippen LogP) is 2.61. The number of benzene rings is 2. The molecule has 0 aliphatic carbocycles. The zero-order chi connectivity index (χ0) is 22.4. The molecule has 2 aromatic rings. The molecule has 164 valence electrons. The summed E-state index contributed by atoms with van der Waals surface area (Å²) in [5.41, 5.74) is 3.63. The van der Waals surface area contributed by atoms with Crippen LogP contribution in [-0.2, 0) is 24.3 Å². The zero-order valence-corrected chi connectivity index (χ0v) is 18.9. The van der Waals surface area contributed by atoms with Gasteiger partial charge in [0.2, 0.25) is 0 Å². The third-order valence-corrected chi connectivity index (χ3v) is 6.86. The summed E-state index contributed by atoms with van der Waals surface area (Å²) in [6.45, 7) is 2.78. The van der Waals surface area contributed by atoms with E-state index in [4.69, 9.17) is 16.6 Å². The molecule has 5 rings (SSSR count). The van der Waals surface area contributed by atoms with Crippen LogP contribution in [0.1, 0.15) is 16.7 Å². The van der Waals surface area contributed by atoms with Crippen molar-refractivity contribution in [1.29, 1.82) is 0 Å². The molecule has 32 heavy (non-hydrogen) atoms. The number of amidine groups is 2. The molecule has 1 saturated heterocycles. The lowest BCUT2D eigenvalue weighted by atomic mass is 10.00. The summed E-state index contributed by atoms with van der Waals surface area (Å²) >= 11 is 6.45. The van der Waals surface area contributed by atoms with E-state index in [1.165, 1.54) is 28.0 Å². The van der Waals surface area contributed by atoms with Crippen molar-refractivity contribution >= 4 is 35.2 Å². The van der Waals surface area contributed by atoms with Gasteiger partial charge in [-0.3, -0.25) is 19.5 Å². The number of carbonyl (C=O) groups excluding carboxylic acids is 2. The number of aliphatic imine (C=N–C) groups is 1. The first-order valence-corrected chi connectivity index (χ1v) is 11.1. The molecule has 0 aromatic heterocycles. The maximum Gasteiger partial charge on any atom is 0.333 e. The van der Waals surface area contributed by atoms with Crippen molar-refractivity contribution in [2.75, 3.05) is 27.2 Å². The number of hydrogen-bond donors (Lipinski definition) is 0. The predicted molar refractivity (Wildman–Crippen MR) is 123 cm³/mol. The van der Waals surface area contributed by atoms with Gasteiger partial charge in [0.1, 0.15) is 13.1 Å². The molecule has 3 aliphatic rings. The lowest BCUT2D eigenvalue weighted by Crippen LogP contribution is -2.61. The highest BCUT2D eigenvalue weighted by Crippen LogP contribution is 2.25. The molecule has 1 fully saturated rings. The SMILES string of the molecule is CN1C(=O)C2C(=NC(CN3CCc4ccccc4C3)=[N+]2Cc2ccccc2Cl)N(C)C1=O. The van der Waals surface area contributed by atoms with E-state index in [9.17, 15) is 9.59 Å². The van der Waals surface area contributed by atoms with E-state index in [0.29, 0.717) is 23.9 Å². The number of carbonyl (C=O) groups is 2. The maximum absolute atomic E-state index is 13.1. The van der Waals surface area contributed by atoms with E-state index in [0.717, 1.165) is 30.9 Å². The van der Waals surface area contributed by atoms with Crippen LogP contribution in [0.2, 0.25) is 5.02 Å². The second-order valence-electron chi connectivity index (χ2n) is 8.48. The summed E-state index contributed by atoms with van der Waals surface area (Å²) in [7, 11) is 3.19. The number of likely N-dealkylation sites (N-methyl/N-ethyl adjacent to an activating group) is 2. The van der Waals surface area contributed by atoms with Gasteiger partial charge < -0.3 is 0 Å². The van der Waals surface area contributed by atoms with E-state index in [1.54, 1.807) is 7.05 Å². The third kappa shape index (κ3) is 3.51. The highest BCUT2D eigenvalue weighted by molar-refractivity contribution is 6.31. The molecule has 0 saturated carbocycles. The molecule has 0 bridgehead atoms. The van der Waals surface area contributed by atoms with Gasteiger partial charge in [-0.1, -0.05) is 54.1 Å². The number of urea groups is 1. The number of fused-ring (bicyclic) bond motifs is 2. The van der Waals surface area contributed by atoms with Crippen LogP contribution >= 0.6 is 11.6 Å². The van der Waals surface area contributed by atoms with Crippen LogP contribution in [0.3, 0.4) is 0 Å². The van der Waals surface area contributed by atoms with Crippen molar-refractivity contribution in [2.45, 2.75) is 25.6 Å². The minimum absolute atomic E-state index is 0.266. The van der Waals surface area contributed by atoms with E-state index < -0.39 is 6.04 Å². The standard InChI is InChI=1S/C24H25ClN5O2/c1-27-22-21(23(31)28(2)24(27)32)30(14-18-9-5-6-10-19(18)25)20(26-22)15-29-12-11-16-7-3-4-8-17(16)13-29/h3-10,21H,11-15H2,1-2H3/q+1. The largest absolute Gasteiger partial charge is 0.333 e. The number of imide groups is 1. The molecule has 1 unspecified atom stereocenters. The van der Waals surface area contributed by atoms with Crippen LogP contribution in [0.25, 0.3) is 0 Å². The van der Waals surface area contributed by atoms with Crippen molar-refractivity contribution in [1.82, 2.24) is 14.7 Å². The Hall–Kier alpha value is -3.03. The number of rotatable bonds is 4. The Bertz CT molecular complexity index is 1170. The molecule has 0 radical (unpaired) electrons. The van der Waals surface area contributed by atoms with E-state index in [2.05, 4.69) is 29.2 Å². The molecule has 7 nitrogen and oxygen atoms in total. The average molecular weight is 451 g/mol. The first kappa shape index (κ1) is 20.8. The van der Waals surface area contributed by atoms with E-state index in [-0.39, 0.29) is 11.9 Å². The molecule has 8 heteroatoms. The van der Waals surface area contributed by atoms with Gasteiger partial charge >= 0.3 is 11.9 Å². The number of amides is 3. The van der Waals surface area contributed by atoms with Crippen molar-refractivity contribution in [3.8, 4) is 0 Å². The number of halogens is 1. The molecular weight excluding hydrogens is 426 g/mol. The quantitative estimate of drug-likeness (QED) is 0.673. The molecular formula is C24H25ClN5O2+. The van der Waals surface area contributed by atoms with Gasteiger partial charge in [-0.2, -0.15) is 0 Å². The minimum atomic E-state index is -0.633. The Morgan fingerprint density at radius 2 is 1.75 bits per heavy atom. The highest BCUT2D eigenvalue weighted by Gasteiger charge is 2.53. The summed E-state index contributed by atoms with van der Waals surface area (Å²) in [5, 5.41) is 0.647. The highest BCUT2D eigenvalue weighted by atomic mass is 35.5. The van der Waals surface area contributed by atoms with Crippen LogP contribution in [-0.4, -0.2) is 76.1 Å². The van der Waals surface area contributed by atoms with Crippen LogP contribution in [0.5, 0.6) is 0 Å². The van der Waals surface area contributed by atoms with Crippen LogP contribution < -0.4 is 0 Å². The molecule has 2 aromatic carbocycles. The van der Waals surface area contributed by atoms with Crippen LogP contribution in [0.15, 0.2) is 53.5 Å². The Morgan fingerprint density at radius 1 is 1.03 bits per heavy atom. The fraction of sp³-hybridized carbons (Fsp3) is 0.333.